The van der Waals surface area contributed by atoms with E-state index >= 15 is 0 Å². The highest BCUT2D eigenvalue weighted by molar-refractivity contribution is 14.0. The standard InChI is InChI=1S/C20H30N6O2S.HI/c1-15-18(29-14-25-15)19(27)22-8-9-23-20(21-2)24-13-16(17-7-6-12-28-17)26-10-4-3-5-11-26;/h6-7,12,14,16H,3-5,8-11,13H2,1-2H3,(H,22,27)(H2,21,23,24);1H. The van der Waals surface area contributed by atoms with Crippen molar-refractivity contribution in [2.75, 3.05) is 39.8 Å². The first-order valence-electron chi connectivity index (χ1n) is 10.1. The number of likely N-dealkylation sites (tertiary alicyclic amines) is 1. The first-order chi connectivity index (χ1) is 14.2. The van der Waals surface area contributed by atoms with E-state index in [1.165, 1.54) is 30.6 Å². The van der Waals surface area contributed by atoms with Gasteiger partial charge in [0, 0.05) is 26.7 Å². The molecule has 1 unspecified atom stereocenters. The van der Waals surface area contributed by atoms with Crippen molar-refractivity contribution in [3.05, 3.63) is 40.2 Å². The summed E-state index contributed by atoms with van der Waals surface area (Å²) in [5, 5.41) is 9.55. The van der Waals surface area contributed by atoms with Gasteiger partial charge in [0.25, 0.3) is 5.91 Å². The van der Waals surface area contributed by atoms with E-state index in [9.17, 15) is 4.79 Å². The summed E-state index contributed by atoms with van der Waals surface area (Å²) in [6, 6.07) is 4.15. The van der Waals surface area contributed by atoms with E-state index in [0.717, 1.165) is 24.5 Å². The molecule has 0 aromatic carbocycles. The van der Waals surface area contributed by atoms with Crippen molar-refractivity contribution in [1.29, 1.82) is 0 Å². The van der Waals surface area contributed by atoms with Gasteiger partial charge in [-0.25, -0.2) is 4.98 Å². The summed E-state index contributed by atoms with van der Waals surface area (Å²) < 4.78 is 5.69. The van der Waals surface area contributed by atoms with Gasteiger partial charge in [-0.2, -0.15) is 0 Å². The number of carbonyl (C=O) groups excluding carboxylic acids is 1. The molecule has 2 aromatic rings. The second kappa shape index (κ2) is 12.9. The van der Waals surface area contributed by atoms with Gasteiger partial charge in [-0.3, -0.25) is 14.7 Å². The number of aliphatic imine (C=N–C) groups is 1. The largest absolute Gasteiger partial charge is 0.468 e. The van der Waals surface area contributed by atoms with Crippen LogP contribution in [0.3, 0.4) is 0 Å². The smallest absolute Gasteiger partial charge is 0.263 e. The molecule has 10 heteroatoms. The number of rotatable bonds is 8. The van der Waals surface area contributed by atoms with Gasteiger partial charge >= 0.3 is 0 Å². The van der Waals surface area contributed by atoms with Crippen LogP contribution in [0.15, 0.2) is 33.3 Å². The Hall–Kier alpha value is -1.66. The molecule has 3 heterocycles. The number of guanidine groups is 1. The minimum absolute atomic E-state index is 0. The first-order valence-corrected chi connectivity index (χ1v) is 11.0. The molecule has 1 saturated heterocycles. The lowest BCUT2D eigenvalue weighted by molar-refractivity contribution is 0.0957. The number of thiazole rings is 1. The number of aromatic nitrogens is 1. The van der Waals surface area contributed by atoms with E-state index < -0.39 is 0 Å². The Kier molecular flexibility index (Phi) is 10.6. The molecule has 0 radical (unpaired) electrons. The number of hydrogen-bond acceptors (Lipinski definition) is 6. The van der Waals surface area contributed by atoms with E-state index in [4.69, 9.17) is 4.42 Å². The molecule has 1 aliphatic heterocycles. The Bertz CT molecular complexity index is 789. The average Bonchev–Trinajstić information content (AvgIpc) is 3.42. The van der Waals surface area contributed by atoms with Crippen LogP contribution in [0.1, 0.15) is 46.4 Å². The van der Waals surface area contributed by atoms with E-state index in [-0.39, 0.29) is 35.9 Å². The fourth-order valence-electron chi connectivity index (χ4n) is 3.49. The number of nitrogens with one attached hydrogen (secondary N) is 3. The fraction of sp³-hybridized carbons (Fsp3) is 0.550. The zero-order valence-corrected chi connectivity index (χ0v) is 20.7. The minimum atomic E-state index is -0.0854. The third-order valence-corrected chi connectivity index (χ3v) is 5.97. The zero-order valence-electron chi connectivity index (χ0n) is 17.5. The first kappa shape index (κ1) is 24.6. The minimum Gasteiger partial charge on any atom is -0.468 e. The van der Waals surface area contributed by atoms with Crippen LogP contribution >= 0.6 is 35.3 Å². The Labute approximate surface area is 198 Å². The molecule has 0 spiro atoms. The molecule has 166 valence electrons. The molecule has 30 heavy (non-hydrogen) atoms. The van der Waals surface area contributed by atoms with Crippen LogP contribution in [0.2, 0.25) is 0 Å². The monoisotopic (exact) mass is 546 g/mol. The number of hydrogen-bond donors (Lipinski definition) is 3. The maximum absolute atomic E-state index is 12.1. The highest BCUT2D eigenvalue weighted by Crippen LogP contribution is 2.24. The number of halogens is 1. The third kappa shape index (κ3) is 6.95. The number of furan rings is 1. The summed E-state index contributed by atoms with van der Waals surface area (Å²) in [6.07, 6.45) is 5.48. The molecule has 0 saturated carbocycles. The van der Waals surface area contributed by atoms with Crippen molar-refractivity contribution in [2.45, 2.75) is 32.2 Å². The Morgan fingerprint density at radius 1 is 1.27 bits per heavy atom. The van der Waals surface area contributed by atoms with Crippen molar-refractivity contribution in [2.24, 2.45) is 4.99 Å². The molecule has 3 N–H and O–H groups in total. The van der Waals surface area contributed by atoms with Crippen LogP contribution in [-0.4, -0.2) is 61.5 Å². The molecule has 1 aliphatic rings. The molecule has 3 rings (SSSR count). The third-order valence-electron chi connectivity index (χ3n) is 5.04. The van der Waals surface area contributed by atoms with Gasteiger partial charge in [0.15, 0.2) is 5.96 Å². The summed E-state index contributed by atoms with van der Waals surface area (Å²) in [7, 11) is 1.75. The number of aryl methyl sites for hydroxylation is 1. The highest BCUT2D eigenvalue weighted by atomic mass is 127. The van der Waals surface area contributed by atoms with Crippen molar-refractivity contribution < 1.29 is 9.21 Å². The van der Waals surface area contributed by atoms with Crippen LogP contribution in [-0.2, 0) is 0 Å². The number of carbonyl (C=O) groups is 1. The molecule has 2 aromatic heterocycles. The van der Waals surface area contributed by atoms with E-state index in [0.29, 0.717) is 30.5 Å². The highest BCUT2D eigenvalue weighted by Gasteiger charge is 2.24. The van der Waals surface area contributed by atoms with Crippen molar-refractivity contribution in [3.63, 3.8) is 0 Å². The summed E-state index contributed by atoms with van der Waals surface area (Å²) in [5.74, 6) is 1.60. The molecule has 0 aliphatic carbocycles. The second-order valence-corrected chi connectivity index (χ2v) is 7.89. The number of amides is 1. The van der Waals surface area contributed by atoms with Gasteiger partial charge in [0.2, 0.25) is 0 Å². The summed E-state index contributed by atoms with van der Waals surface area (Å²) >= 11 is 1.36. The Morgan fingerprint density at radius 3 is 2.67 bits per heavy atom. The Balaban J connectivity index is 0.00000320. The summed E-state index contributed by atoms with van der Waals surface area (Å²) in [6.45, 7) is 5.81. The predicted octanol–water partition coefficient (Wildman–Crippen LogP) is 2.78. The zero-order chi connectivity index (χ0) is 20.5. The van der Waals surface area contributed by atoms with Gasteiger partial charge in [-0.15, -0.1) is 35.3 Å². The SMILES string of the molecule is CN=C(NCCNC(=O)c1scnc1C)NCC(c1ccco1)N1CCCCC1.I. The van der Waals surface area contributed by atoms with E-state index in [2.05, 4.69) is 30.8 Å². The number of nitrogens with zero attached hydrogens (tertiary/aromatic N) is 3. The predicted molar refractivity (Wildman–Crippen MR) is 131 cm³/mol. The second-order valence-electron chi connectivity index (χ2n) is 7.03. The normalized spacial score (nSPS) is 15.9. The van der Waals surface area contributed by atoms with Crippen LogP contribution in [0, 0.1) is 6.92 Å². The van der Waals surface area contributed by atoms with E-state index in [1.54, 1.807) is 18.8 Å². The molecular weight excluding hydrogens is 515 g/mol. The quantitative estimate of drug-likeness (QED) is 0.204. The van der Waals surface area contributed by atoms with Crippen LogP contribution in [0.5, 0.6) is 0 Å². The van der Waals surface area contributed by atoms with Crippen molar-refractivity contribution >= 4 is 47.2 Å². The Morgan fingerprint density at radius 2 is 2.03 bits per heavy atom. The molecule has 8 nitrogen and oxygen atoms in total. The van der Waals surface area contributed by atoms with Gasteiger partial charge in [-0.1, -0.05) is 6.42 Å². The molecule has 0 bridgehead atoms. The van der Waals surface area contributed by atoms with Crippen molar-refractivity contribution in [1.82, 2.24) is 25.8 Å². The van der Waals surface area contributed by atoms with Crippen LogP contribution in [0.4, 0.5) is 0 Å². The summed E-state index contributed by atoms with van der Waals surface area (Å²) in [4.78, 5) is 23.7. The fourth-order valence-corrected chi connectivity index (χ4v) is 4.21. The maximum atomic E-state index is 12.1. The average molecular weight is 546 g/mol. The molecular formula is C20H31IN6O2S. The molecule has 1 fully saturated rings. The van der Waals surface area contributed by atoms with Gasteiger partial charge in [0.05, 0.1) is 23.5 Å². The lowest BCUT2D eigenvalue weighted by atomic mass is 10.1. The van der Waals surface area contributed by atoms with Gasteiger partial charge in [0.1, 0.15) is 10.6 Å². The number of piperidine rings is 1. The molecule has 1 atom stereocenters. The van der Waals surface area contributed by atoms with Crippen molar-refractivity contribution in [3.8, 4) is 0 Å². The van der Waals surface area contributed by atoms with Crippen LogP contribution in [0.25, 0.3) is 0 Å². The van der Waals surface area contributed by atoms with Gasteiger partial charge in [-0.05, 0) is 45.0 Å². The van der Waals surface area contributed by atoms with E-state index in [1.807, 2.05) is 19.1 Å². The summed E-state index contributed by atoms with van der Waals surface area (Å²) in [5.41, 5.74) is 2.45. The topological polar surface area (TPSA) is 94.8 Å². The van der Waals surface area contributed by atoms with Gasteiger partial charge < -0.3 is 20.4 Å². The van der Waals surface area contributed by atoms with Crippen LogP contribution < -0.4 is 16.0 Å². The molecule has 1 amide bonds. The maximum Gasteiger partial charge on any atom is 0.263 e. The lowest BCUT2D eigenvalue weighted by Gasteiger charge is -2.33. The lowest BCUT2D eigenvalue weighted by Crippen LogP contribution is -2.46.